The van der Waals surface area contributed by atoms with Crippen molar-refractivity contribution in [3.63, 3.8) is 0 Å². The van der Waals surface area contributed by atoms with Crippen molar-refractivity contribution in [2.24, 2.45) is 17.3 Å². The number of nitrogens with one attached hydrogen (secondary N) is 4. The van der Waals surface area contributed by atoms with Crippen molar-refractivity contribution in [1.29, 1.82) is 0 Å². The standard InChI is InChI=1S/C44H65N5O6/c1-31(2)28-36(40(51)44(5)21-22-44)46-43(54)38(30-34-16-10-7-11-17-34)48-42(53)37(29-32(3)4)47-41(52)35(20-19-33-14-8-6-9-15-33)45-39(50)18-12-13-23-49-24-26-55-27-25-49/h6-11,14-17,31-32,35-38H,12-13,18-30H2,1-5H3,(H,45,50)(H,46,54)(H,47,52)(H,48,53)/t35-,36-,37-,38-/m0/s1. The third kappa shape index (κ3) is 15.2. The van der Waals surface area contributed by atoms with E-state index in [0.29, 0.717) is 38.5 Å². The van der Waals surface area contributed by atoms with Crippen molar-refractivity contribution in [3.8, 4) is 0 Å². The van der Waals surface area contributed by atoms with Crippen LogP contribution in [0.25, 0.3) is 0 Å². The maximum Gasteiger partial charge on any atom is 0.243 e. The SMILES string of the molecule is CC(C)C[C@H](NC(=O)[C@H](CCc1ccccc1)NC(=O)CCCCN1CCOCC1)C(=O)N[C@@H](Cc1ccccc1)C(=O)N[C@@H](CC(C)C)C(=O)C1(C)CC1. The van der Waals surface area contributed by atoms with Gasteiger partial charge in [-0.25, -0.2) is 0 Å². The molecule has 1 saturated heterocycles. The van der Waals surface area contributed by atoms with Crippen LogP contribution in [0, 0.1) is 17.3 Å². The molecule has 0 unspecified atom stereocenters. The quantitative estimate of drug-likeness (QED) is 0.120. The van der Waals surface area contributed by atoms with Crippen LogP contribution in [0.3, 0.4) is 0 Å². The van der Waals surface area contributed by atoms with Gasteiger partial charge < -0.3 is 26.0 Å². The van der Waals surface area contributed by atoms with Crippen LogP contribution in [0.5, 0.6) is 0 Å². The fraction of sp³-hybridized carbons (Fsp3) is 0.614. The minimum Gasteiger partial charge on any atom is -0.379 e. The van der Waals surface area contributed by atoms with E-state index in [2.05, 4.69) is 26.2 Å². The zero-order valence-electron chi connectivity index (χ0n) is 33.7. The molecule has 0 radical (unpaired) electrons. The Morgan fingerprint density at radius 2 is 1.20 bits per heavy atom. The molecule has 0 aromatic heterocycles. The largest absolute Gasteiger partial charge is 0.379 e. The van der Waals surface area contributed by atoms with Gasteiger partial charge in [0.25, 0.3) is 0 Å². The van der Waals surface area contributed by atoms with Gasteiger partial charge in [0.1, 0.15) is 18.1 Å². The van der Waals surface area contributed by atoms with Gasteiger partial charge in [0.2, 0.25) is 23.6 Å². The van der Waals surface area contributed by atoms with E-state index in [9.17, 15) is 24.0 Å². The van der Waals surface area contributed by atoms with Crippen LogP contribution < -0.4 is 21.3 Å². The Hall–Kier alpha value is -4.09. The lowest BCUT2D eigenvalue weighted by Gasteiger charge is -2.28. The Kier molecular flexibility index (Phi) is 17.3. The molecule has 302 valence electrons. The van der Waals surface area contributed by atoms with Gasteiger partial charge >= 0.3 is 0 Å². The maximum absolute atomic E-state index is 14.1. The number of carbonyl (C=O) groups is 5. The van der Waals surface area contributed by atoms with E-state index in [1.54, 1.807) is 0 Å². The Morgan fingerprint density at radius 1 is 0.673 bits per heavy atom. The highest BCUT2D eigenvalue weighted by Gasteiger charge is 2.48. The molecular formula is C44H65N5O6. The first kappa shape index (κ1) is 43.6. The minimum absolute atomic E-state index is 0.0324. The summed E-state index contributed by atoms with van der Waals surface area (Å²) in [4.78, 5) is 71.2. The van der Waals surface area contributed by atoms with Crippen molar-refractivity contribution < 1.29 is 28.7 Å². The number of ether oxygens (including phenoxy) is 1. The van der Waals surface area contributed by atoms with Gasteiger partial charge in [0, 0.05) is 31.3 Å². The minimum atomic E-state index is -0.984. The number of benzene rings is 2. The van der Waals surface area contributed by atoms with Crippen LogP contribution in [0.15, 0.2) is 60.7 Å². The number of aryl methyl sites for hydroxylation is 1. The summed E-state index contributed by atoms with van der Waals surface area (Å²) >= 11 is 0. The van der Waals surface area contributed by atoms with Crippen molar-refractivity contribution >= 4 is 29.4 Å². The topological polar surface area (TPSA) is 146 Å². The number of nitrogens with zero attached hydrogens (tertiary/aromatic N) is 1. The summed E-state index contributed by atoms with van der Waals surface area (Å²) in [7, 11) is 0. The molecule has 4 rings (SSSR count). The van der Waals surface area contributed by atoms with Crippen molar-refractivity contribution in [2.45, 2.75) is 123 Å². The zero-order valence-corrected chi connectivity index (χ0v) is 33.7. The van der Waals surface area contributed by atoms with Gasteiger partial charge in [-0.15, -0.1) is 0 Å². The van der Waals surface area contributed by atoms with E-state index in [1.807, 2.05) is 95.3 Å². The second-order valence-corrected chi connectivity index (χ2v) is 16.6. The highest BCUT2D eigenvalue weighted by atomic mass is 16.5. The van der Waals surface area contributed by atoms with Crippen molar-refractivity contribution in [1.82, 2.24) is 26.2 Å². The summed E-state index contributed by atoms with van der Waals surface area (Å²) in [6.45, 7) is 14.1. The first-order valence-corrected chi connectivity index (χ1v) is 20.5. The lowest BCUT2D eigenvalue weighted by Crippen LogP contribution is -2.58. The molecule has 0 bridgehead atoms. The van der Waals surface area contributed by atoms with E-state index in [1.165, 1.54) is 0 Å². The zero-order chi connectivity index (χ0) is 39.8. The predicted octanol–water partition coefficient (Wildman–Crippen LogP) is 4.77. The van der Waals surface area contributed by atoms with E-state index < -0.39 is 47.3 Å². The predicted molar refractivity (Wildman–Crippen MR) is 215 cm³/mol. The Morgan fingerprint density at radius 3 is 1.80 bits per heavy atom. The van der Waals surface area contributed by atoms with Crippen LogP contribution in [-0.2, 0) is 41.6 Å². The molecule has 11 heteroatoms. The molecule has 1 heterocycles. The normalized spacial score (nSPS) is 17.4. The molecule has 2 fully saturated rings. The number of hydrogen-bond donors (Lipinski definition) is 4. The molecule has 55 heavy (non-hydrogen) atoms. The molecule has 1 aliphatic heterocycles. The molecule has 11 nitrogen and oxygen atoms in total. The van der Waals surface area contributed by atoms with Crippen molar-refractivity contribution in [3.05, 3.63) is 71.8 Å². The number of amides is 4. The van der Waals surface area contributed by atoms with Gasteiger partial charge in [0.05, 0.1) is 19.3 Å². The molecule has 2 aliphatic rings. The Balaban J connectivity index is 1.46. The molecule has 4 amide bonds. The maximum atomic E-state index is 14.1. The summed E-state index contributed by atoms with van der Waals surface area (Å²) in [5.74, 6) is -1.33. The highest BCUT2D eigenvalue weighted by molar-refractivity contribution is 5.97. The van der Waals surface area contributed by atoms with Crippen LogP contribution in [0.4, 0.5) is 0 Å². The molecule has 0 spiro atoms. The number of ketones is 1. The fourth-order valence-electron chi connectivity index (χ4n) is 7.07. The fourth-order valence-corrected chi connectivity index (χ4v) is 7.07. The van der Waals surface area contributed by atoms with Gasteiger partial charge in [-0.2, -0.15) is 0 Å². The molecular weight excluding hydrogens is 695 g/mol. The number of rotatable bonds is 23. The smallest absolute Gasteiger partial charge is 0.243 e. The van der Waals surface area contributed by atoms with Crippen LogP contribution in [0.1, 0.15) is 97.1 Å². The average molecular weight is 760 g/mol. The number of morpholine rings is 1. The van der Waals surface area contributed by atoms with Gasteiger partial charge in [-0.05, 0) is 80.9 Å². The van der Waals surface area contributed by atoms with E-state index in [0.717, 1.165) is 63.2 Å². The Bertz CT molecular complexity index is 1520. The summed E-state index contributed by atoms with van der Waals surface area (Å²) in [6.07, 6.45) is 5.43. The van der Waals surface area contributed by atoms with Gasteiger partial charge in [-0.1, -0.05) is 95.3 Å². The average Bonchev–Trinajstić information content (AvgIpc) is 3.92. The molecule has 1 saturated carbocycles. The lowest BCUT2D eigenvalue weighted by molar-refractivity contribution is -0.135. The van der Waals surface area contributed by atoms with Crippen molar-refractivity contribution in [2.75, 3.05) is 32.8 Å². The number of carbonyl (C=O) groups excluding carboxylic acids is 5. The summed E-state index contributed by atoms with van der Waals surface area (Å²) in [6, 6.07) is 15.8. The van der Waals surface area contributed by atoms with Crippen LogP contribution in [-0.4, -0.2) is 91.3 Å². The summed E-state index contributed by atoms with van der Waals surface area (Å²) < 4.78 is 5.43. The van der Waals surface area contributed by atoms with E-state index in [4.69, 9.17) is 4.74 Å². The van der Waals surface area contributed by atoms with Gasteiger partial charge in [0.15, 0.2) is 5.78 Å². The number of hydrogen-bond acceptors (Lipinski definition) is 7. The van der Waals surface area contributed by atoms with E-state index in [-0.39, 0.29) is 29.9 Å². The highest BCUT2D eigenvalue weighted by Crippen LogP contribution is 2.47. The first-order valence-electron chi connectivity index (χ1n) is 20.5. The second-order valence-electron chi connectivity index (χ2n) is 16.6. The molecule has 4 atom stereocenters. The molecule has 2 aromatic rings. The van der Waals surface area contributed by atoms with Crippen LogP contribution >= 0.6 is 0 Å². The Labute approximate surface area is 328 Å². The third-order valence-electron chi connectivity index (χ3n) is 10.6. The summed E-state index contributed by atoms with van der Waals surface area (Å²) in [5, 5.41) is 11.9. The molecule has 2 aromatic carbocycles. The monoisotopic (exact) mass is 759 g/mol. The number of Topliss-reactive ketones (excluding diaryl/α,β-unsaturated/α-hetero) is 1. The molecule has 1 aliphatic carbocycles. The molecule has 4 N–H and O–H groups in total. The van der Waals surface area contributed by atoms with Gasteiger partial charge in [-0.3, -0.25) is 28.9 Å². The third-order valence-corrected chi connectivity index (χ3v) is 10.6. The summed E-state index contributed by atoms with van der Waals surface area (Å²) in [5.41, 5.74) is 1.46. The first-order chi connectivity index (χ1) is 26.3. The lowest BCUT2D eigenvalue weighted by atomic mass is 9.91. The van der Waals surface area contributed by atoms with E-state index >= 15 is 0 Å². The number of unbranched alkanes of at least 4 members (excludes halogenated alkanes) is 1. The second kappa shape index (κ2) is 21.9. The van der Waals surface area contributed by atoms with Crippen LogP contribution in [0.2, 0.25) is 0 Å².